The van der Waals surface area contributed by atoms with Gasteiger partial charge in [-0.1, -0.05) is 17.7 Å². The molecule has 0 fully saturated rings. The third-order valence-electron chi connectivity index (χ3n) is 2.94. The van der Waals surface area contributed by atoms with Crippen LogP contribution in [0.4, 0.5) is 24.5 Å². The van der Waals surface area contributed by atoms with Crippen molar-refractivity contribution in [3.63, 3.8) is 0 Å². The summed E-state index contributed by atoms with van der Waals surface area (Å²) < 4.78 is 39.3. The molecule has 0 aliphatic rings. The lowest BCUT2D eigenvalue weighted by Gasteiger charge is -2.10. The Morgan fingerprint density at radius 3 is 2.17 bits per heavy atom. The molecule has 0 saturated heterocycles. The van der Waals surface area contributed by atoms with E-state index in [9.17, 15) is 22.8 Å². The van der Waals surface area contributed by atoms with Crippen LogP contribution in [0.5, 0.6) is 0 Å². The van der Waals surface area contributed by atoms with Crippen LogP contribution < -0.4 is 10.6 Å². The van der Waals surface area contributed by atoms with Crippen LogP contribution in [0.2, 0.25) is 5.02 Å². The molecule has 2 amide bonds. The van der Waals surface area contributed by atoms with E-state index in [-0.39, 0.29) is 0 Å². The summed E-state index contributed by atoms with van der Waals surface area (Å²) in [6.45, 7) is 1.68. The molecule has 23 heavy (non-hydrogen) atoms. The van der Waals surface area contributed by atoms with E-state index in [4.69, 9.17) is 11.6 Å². The van der Waals surface area contributed by atoms with E-state index in [0.717, 1.165) is 6.07 Å². The number of anilines is 2. The number of carbonyl (C=O) groups is 2. The molecule has 0 aliphatic heterocycles. The summed E-state index contributed by atoms with van der Waals surface area (Å²) in [6, 6.07) is 6.10. The number of benzene rings is 2. The molecule has 2 aromatic carbocycles. The smallest absolute Gasteiger partial charge is 0.314 e. The largest absolute Gasteiger partial charge is 0.317 e. The molecule has 0 heterocycles. The van der Waals surface area contributed by atoms with Crippen molar-refractivity contribution in [1.29, 1.82) is 0 Å². The lowest BCUT2D eigenvalue weighted by atomic mass is 10.2. The second-order valence-corrected chi connectivity index (χ2v) is 5.03. The first-order chi connectivity index (χ1) is 10.8. The molecule has 120 valence electrons. The molecule has 0 saturated carbocycles. The maximum absolute atomic E-state index is 13.5. The van der Waals surface area contributed by atoms with E-state index in [1.165, 1.54) is 6.07 Å². The average molecular weight is 343 g/mol. The number of hydrogen-bond donors (Lipinski definition) is 2. The first-order valence-electron chi connectivity index (χ1n) is 6.31. The molecule has 0 aromatic heterocycles. The fourth-order valence-corrected chi connectivity index (χ4v) is 1.88. The van der Waals surface area contributed by atoms with Crippen LogP contribution in [0.15, 0.2) is 30.3 Å². The van der Waals surface area contributed by atoms with Crippen molar-refractivity contribution in [2.75, 3.05) is 10.6 Å². The zero-order valence-electron chi connectivity index (χ0n) is 11.7. The van der Waals surface area contributed by atoms with E-state index in [1.807, 2.05) is 5.32 Å². The molecule has 0 atom stereocenters. The van der Waals surface area contributed by atoms with Gasteiger partial charge in [-0.3, -0.25) is 9.59 Å². The van der Waals surface area contributed by atoms with Crippen molar-refractivity contribution >= 4 is 34.8 Å². The topological polar surface area (TPSA) is 58.2 Å². The van der Waals surface area contributed by atoms with Crippen molar-refractivity contribution < 1.29 is 22.8 Å². The summed E-state index contributed by atoms with van der Waals surface area (Å²) in [6.07, 6.45) is 0. The van der Waals surface area contributed by atoms with Gasteiger partial charge in [0.2, 0.25) is 0 Å². The Morgan fingerprint density at radius 2 is 1.52 bits per heavy atom. The van der Waals surface area contributed by atoms with Gasteiger partial charge >= 0.3 is 11.8 Å². The Morgan fingerprint density at radius 1 is 0.913 bits per heavy atom. The fraction of sp³-hybridized carbons (Fsp3) is 0.0667. The quantitative estimate of drug-likeness (QED) is 0.646. The Hall–Kier alpha value is -2.54. The number of hydrogen-bond acceptors (Lipinski definition) is 2. The molecule has 0 bridgehead atoms. The average Bonchev–Trinajstić information content (AvgIpc) is 2.51. The number of amides is 2. The zero-order valence-corrected chi connectivity index (χ0v) is 12.5. The maximum atomic E-state index is 13.5. The summed E-state index contributed by atoms with van der Waals surface area (Å²) in [4.78, 5) is 23.5. The number of nitrogens with one attached hydrogen (secondary N) is 2. The summed E-state index contributed by atoms with van der Waals surface area (Å²) >= 11 is 5.78. The zero-order chi connectivity index (χ0) is 17.1. The van der Waals surface area contributed by atoms with Gasteiger partial charge in [-0.2, -0.15) is 0 Å². The van der Waals surface area contributed by atoms with E-state index in [2.05, 4.69) is 5.32 Å². The maximum Gasteiger partial charge on any atom is 0.314 e. The summed E-state index contributed by atoms with van der Waals surface area (Å²) in [5, 5.41) is 4.50. The van der Waals surface area contributed by atoms with Crippen LogP contribution in [-0.4, -0.2) is 11.8 Å². The van der Waals surface area contributed by atoms with Crippen molar-refractivity contribution in [2.24, 2.45) is 0 Å². The second kappa shape index (κ2) is 6.70. The molecule has 8 heteroatoms. The van der Waals surface area contributed by atoms with Crippen LogP contribution in [0, 0.1) is 24.4 Å². The van der Waals surface area contributed by atoms with Gasteiger partial charge in [0.15, 0.2) is 17.5 Å². The van der Waals surface area contributed by atoms with Gasteiger partial charge < -0.3 is 10.6 Å². The Labute approximate surface area is 134 Å². The molecule has 2 rings (SSSR count). The van der Waals surface area contributed by atoms with E-state index in [0.29, 0.717) is 22.3 Å². The number of rotatable bonds is 2. The predicted octanol–water partition coefficient (Wildman–Crippen LogP) is 3.64. The molecule has 0 unspecified atom stereocenters. The second-order valence-electron chi connectivity index (χ2n) is 4.59. The van der Waals surface area contributed by atoms with Crippen LogP contribution >= 0.6 is 11.6 Å². The minimum absolute atomic E-state index is 0.295. The monoisotopic (exact) mass is 342 g/mol. The highest BCUT2D eigenvalue weighted by Crippen LogP contribution is 2.21. The summed E-state index contributed by atoms with van der Waals surface area (Å²) in [5.41, 5.74) is 0.296. The van der Waals surface area contributed by atoms with E-state index in [1.54, 1.807) is 19.1 Å². The molecular weight excluding hydrogens is 333 g/mol. The van der Waals surface area contributed by atoms with Gasteiger partial charge in [0.25, 0.3) is 0 Å². The van der Waals surface area contributed by atoms with Crippen LogP contribution in [0.1, 0.15) is 5.56 Å². The molecule has 0 radical (unpaired) electrons. The lowest BCUT2D eigenvalue weighted by Crippen LogP contribution is -2.29. The first kappa shape index (κ1) is 16.8. The highest BCUT2D eigenvalue weighted by atomic mass is 35.5. The normalized spacial score (nSPS) is 10.3. The first-order valence-corrected chi connectivity index (χ1v) is 6.69. The minimum atomic E-state index is -1.74. The summed E-state index contributed by atoms with van der Waals surface area (Å²) in [5.74, 6) is -7.09. The van der Waals surface area contributed by atoms with Crippen molar-refractivity contribution in [3.05, 3.63) is 58.4 Å². The van der Waals surface area contributed by atoms with Crippen molar-refractivity contribution in [3.8, 4) is 0 Å². The van der Waals surface area contributed by atoms with Gasteiger partial charge in [-0.25, -0.2) is 13.2 Å². The predicted molar refractivity (Wildman–Crippen MR) is 79.8 cm³/mol. The molecule has 2 aromatic rings. The Balaban J connectivity index is 2.13. The van der Waals surface area contributed by atoms with E-state index < -0.39 is 35.0 Å². The molecule has 0 aliphatic carbocycles. The van der Waals surface area contributed by atoms with Gasteiger partial charge in [0.05, 0.1) is 5.69 Å². The standard InChI is InChI=1S/C15H10ClF3N2O2/c1-7-2-3-8(16)6-11(7)21-15(23)14(22)20-10-5-4-9(17)12(18)13(10)19/h2-6H,1H3,(H,20,22)(H,21,23). The highest BCUT2D eigenvalue weighted by Gasteiger charge is 2.19. The molecule has 0 spiro atoms. The van der Waals surface area contributed by atoms with Crippen LogP contribution in [0.3, 0.4) is 0 Å². The van der Waals surface area contributed by atoms with Crippen molar-refractivity contribution in [1.82, 2.24) is 0 Å². The lowest BCUT2D eigenvalue weighted by molar-refractivity contribution is -0.133. The molecular formula is C15H10ClF3N2O2. The van der Waals surface area contributed by atoms with Gasteiger partial charge in [0, 0.05) is 10.7 Å². The number of carbonyl (C=O) groups excluding carboxylic acids is 2. The van der Waals surface area contributed by atoms with Crippen LogP contribution in [0.25, 0.3) is 0 Å². The third-order valence-corrected chi connectivity index (χ3v) is 3.17. The van der Waals surface area contributed by atoms with Crippen molar-refractivity contribution in [2.45, 2.75) is 6.92 Å². The molecule has 4 nitrogen and oxygen atoms in total. The van der Waals surface area contributed by atoms with Crippen LogP contribution in [-0.2, 0) is 9.59 Å². The summed E-state index contributed by atoms with van der Waals surface area (Å²) in [7, 11) is 0. The highest BCUT2D eigenvalue weighted by molar-refractivity contribution is 6.43. The number of halogens is 4. The molecule has 2 N–H and O–H groups in total. The van der Waals surface area contributed by atoms with Gasteiger partial charge in [-0.15, -0.1) is 0 Å². The third kappa shape index (κ3) is 3.81. The van der Waals surface area contributed by atoms with Gasteiger partial charge in [0.1, 0.15) is 0 Å². The Kier molecular flexibility index (Phi) is 4.90. The minimum Gasteiger partial charge on any atom is -0.317 e. The van der Waals surface area contributed by atoms with Gasteiger partial charge in [-0.05, 0) is 36.8 Å². The van der Waals surface area contributed by atoms with E-state index >= 15 is 0 Å². The SMILES string of the molecule is Cc1ccc(Cl)cc1NC(=O)C(=O)Nc1ccc(F)c(F)c1F. The fourth-order valence-electron chi connectivity index (χ4n) is 1.71. The number of aryl methyl sites for hydroxylation is 1. The Bertz CT molecular complexity index is 797.